The lowest BCUT2D eigenvalue weighted by atomic mass is 9.94. The number of amides is 2. The zero-order valence-corrected chi connectivity index (χ0v) is 18.0. The van der Waals surface area contributed by atoms with Gasteiger partial charge in [0.15, 0.2) is 0 Å². The molecule has 7 heteroatoms. The number of likely N-dealkylation sites (tertiary alicyclic amines) is 1. The number of fused-ring (bicyclic) bond motifs is 2. The van der Waals surface area contributed by atoms with Crippen LogP contribution in [0.3, 0.4) is 0 Å². The van der Waals surface area contributed by atoms with Crippen LogP contribution in [-0.2, 0) is 15.1 Å². The number of ether oxygens (including phenoxy) is 1. The fourth-order valence-electron chi connectivity index (χ4n) is 4.48. The van der Waals surface area contributed by atoms with E-state index in [-0.39, 0.29) is 29.8 Å². The Kier molecular flexibility index (Phi) is 4.40. The number of carbonyl (C=O) groups is 2. The molecule has 3 atom stereocenters. The highest BCUT2D eigenvalue weighted by Crippen LogP contribution is 2.52. The number of hydrogen-bond acceptors (Lipinski definition) is 4. The predicted octanol–water partition coefficient (Wildman–Crippen LogP) is 3.11. The summed E-state index contributed by atoms with van der Waals surface area (Å²) in [6, 6.07) is 4.08. The van der Waals surface area contributed by atoms with E-state index in [9.17, 15) is 9.59 Å². The average molecular weight is 399 g/mol. The van der Waals surface area contributed by atoms with E-state index in [1.807, 2.05) is 64.3 Å². The molecule has 7 nitrogen and oxygen atoms in total. The van der Waals surface area contributed by atoms with Gasteiger partial charge in [-0.2, -0.15) is 0 Å². The van der Waals surface area contributed by atoms with Crippen molar-refractivity contribution in [1.29, 1.82) is 0 Å². The summed E-state index contributed by atoms with van der Waals surface area (Å²) in [5, 5.41) is 3.22. The standard InChI is InChI=1S/C22H30N4O3/c1-13-7-8-16(18-23-9-10-26(13)18)22(5,6)24-19(27)17-14-11-25(12-15(14)17)20(28)29-21(2,3)4/h7-10,14-15,17H,11-12H2,1-6H3,(H,24,27)/t14-,15+,17?. The third-order valence-electron chi connectivity index (χ3n) is 6.01. The Hall–Kier alpha value is -2.57. The number of imidazole rings is 1. The van der Waals surface area contributed by atoms with Gasteiger partial charge < -0.3 is 19.4 Å². The molecule has 1 N–H and O–H groups in total. The Morgan fingerprint density at radius 1 is 1.14 bits per heavy atom. The van der Waals surface area contributed by atoms with Crippen molar-refractivity contribution in [2.75, 3.05) is 13.1 Å². The van der Waals surface area contributed by atoms with E-state index in [4.69, 9.17) is 4.74 Å². The summed E-state index contributed by atoms with van der Waals surface area (Å²) >= 11 is 0. The molecule has 156 valence electrons. The molecule has 2 aromatic heterocycles. The minimum atomic E-state index is -0.543. The molecule has 2 amide bonds. The zero-order valence-electron chi connectivity index (χ0n) is 18.0. The highest BCUT2D eigenvalue weighted by Gasteiger charge is 2.61. The Morgan fingerprint density at radius 3 is 2.41 bits per heavy atom. The molecule has 0 aromatic carbocycles. The van der Waals surface area contributed by atoms with E-state index < -0.39 is 11.1 Å². The number of piperidine rings is 1. The molecule has 3 heterocycles. The number of aryl methyl sites for hydroxylation is 1. The largest absolute Gasteiger partial charge is 0.444 e. The van der Waals surface area contributed by atoms with E-state index in [1.165, 1.54) is 0 Å². The summed E-state index contributed by atoms with van der Waals surface area (Å²) in [5.41, 5.74) is 1.91. The SMILES string of the molecule is Cc1ccc(C(C)(C)NC(=O)C2[C@H]3CN(C(=O)OC(C)(C)C)C[C@@H]23)c2nccn12. The van der Waals surface area contributed by atoms with Gasteiger partial charge in [-0.05, 0) is 59.4 Å². The molecule has 29 heavy (non-hydrogen) atoms. The normalized spacial score (nSPS) is 23.8. The fraction of sp³-hybridized carbons (Fsp3) is 0.591. The van der Waals surface area contributed by atoms with Crippen LogP contribution in [0.1, 0.15) is 45.9 Å². The maximum atomic E-state index is 13.0. The summed E-state index contributed by atoms with van der Waals surface area (Å²) < 4.78 is 7.48. The van der Waals surface area contributed by atoms with Crippen molar-refractivity contribution >= 4 is 17.6 Å². The summed E-state index contributed by atoms with van der Waals surface area (Å²) in [5.74, 6) is 0.471. The number of rotatable bonds is 3. The smallest absolute Gasteiger partial charge is 0.410 e. The van der Waals surface area contributed by atoms with Gasteiger partial charge in [0.2, 0.25) is 5.91 Å². The quantitative estimate of drug-likeness (QED) is 0.862. The fourth-order valence-corrected chi connectivity index (χ4v) is 4.48. The van der Waals surface area contributed by atoms with E-state index in [0.717, 1.165) is 16.9 Å². The highest BCUT2D eigenvalue weighted by atomic mass is 16.6. The van der Waals surface area contributed by atoms with Crippen molar-refractivity contribution in [3.8, 4) is 0 Å². The first-order valence-corrected chi connectivity index (χ1v) is 10.2. The van der Waals surface area contributed by atoms with Gasteiger partial charge in [-0.1, -0.05) is 6.07 Å². The molecular formula is C22H30N4O3. The predicted molar refractivity (Wildman–Crippen MR) is 109 cm³/mol. The maximum absolute atomic E-state index is 13.0. The van der Waals surface area contributed by atoms with Gasteiger partial charge in [0, 0.05) is 42.7 Å². The molecule has 2 aliphatic rings. The van der Waals surface area contributed by atoms with Crippen molar-refractivity contribution in [2.24, 2.45) is 17.8 Å². The number of aromatic nitrogens is 2. The third kappa shape index (κ3) is 3.58. The van der Waals surface area contributed by atoms with Crippen molar-refractivity contribution in [3.63, 3.8) is 0 Å². The molecule has 0 spiro atoms. The monoisotopic (exact) mass is 398 g/mol. The first kappa shape index (κ1) is 19.7. The first-order chi connectivity index (χ1) is 13.5. The molecule has 0 radical (unpaired) electrons. The molecule has 1 aliphatic carbocycles. The topological polar surface area (TPSA) is 75.9 Å². The average Bonchev–Trinajstić information content (AvgIpc) is 2.98. The number of hydrogen-bond donors (Lipinski definition) is 1. The molecule has 4 rings (SSSR count). The Morgan fingerprint density at radius 2 is 1.79 bits per heavy atom. The van der Waals surface area contributed by atoms with Gasteiger partial charge in [0.05, 0.1) is 5.54 Å². The molecule has 1 saturated heterocycles. The van der Waals surface area contributed by atoms with Crippen LogP contribution in [0.25, 0.3) is 5.65 Å². The second kappa shape index (κ2) is 6.47. The van der Waals surface area contributed by atoms with Crippen LogP contribution in [0.2, 0.25) is 0 Å². The Labute approximate surface area is 171 Å². The maximum Gasteiger partial charge on any atom is 0.410 e. The lowest BCUT2D eigenvalue weighted by Gasteiger charge is -2.29. The van der Waals surface area contributed by atoms with Crippen molar-refractivity contribution in [3.05, 3.63) is 35.8 Å². The second-order valence-corrected chi connectivity index (χ2v) is 9.86. The molecule has 1 saturated carbocycles. The van der Waals surface area contributed by atoms with E-state index in [2.05, 4.69) is 10.3 Å². The first-order valence-electron chi connectivity index (χ1n) is 10.2. The molecular weight excluding hydrogens is 368 g/mol. The molecule has 1 unspecified atom stereocenters. The third-order valence-corrected chi connectivity index (χ3v) is 6.01. The molecule has 2 fully saturated rings. The van der Waals surface area contributed by atoms with Crippen LogP contribution in [0, 0.1) is 24.7 Å². The van der Waals surface area contributed by atoms with Gasteiger partial charge in [-0.25, -0.2) is 9.78 Å². The van der Waals surface area contributed by atoms with Crippen LogP contribution >= 0.6 is 0 Å². The summed E-state index contributed by atoms with van der Waals surface area (Å²) in [7, 11) is 0. The molecule has 0 bridgehead atoms. The van der Waals surface area contributed by atoms with Gasteiger partial charge in [0.1, 0.15) is 11.2 Å². The van der Waals surface area contributed by atoms with Crippen molar-refractivity contribution < 1.29 is 14.3 Å². The van der Waals surface area contributed by atoms with Crippen LogP contribution in [0.5, 0.6) is 0 Å². The second-order valence-electron chi connectivity index (χ2n) is 9.86. The van der Waals surface area contributed by atoms with Gasteiger partial charge in [-0.15, -0.1) is 0 Å². The number of nitrogens with zero attached hydrogens (tertiary/aromatic N) is 3. The minimum absolute atomic E-state index is 0.0332. The lowest BCUT2D eigenvalue weighted by Crippen LogP contribution is -2.44. The number of nitrogens with one attached hydrogen (secondary N) is 1. The van der Waals surface area contributed by atoms with Crippen LogP contribution < -0.4 is 5.32 Å². The van der Waals surface area contributed by atoms with Crippen LogP contribution in [0.4, 0.5) is 4.79 Å². The van der Waals surface area contributed by atoms with E-state index >= 15 is 0 Å². The van der Waals surface area contributed by atoms with E-state index in [0.29, 0.717) is 13.1 Å². The van der Waals surface area contributed by atoms with Crippen LogP contribution in [0.15, 0.2) is 24.5 Å². The van der Waals surface area contributed by atoms with Gasteiger partial charge in [0.25, 0.3) is 0 Å². The number of carbonyl (C=O) groups excluding carboxylic acids is 2. The highest BCUT2D eigenvalue weighted by molar-refractivity contribution is 5.84. The Bertz CT molecular complexity index is 960. The lowest BCUT2D eigenvalue weighted by molar-refractivity contribution is -0.125. The van der Waals surface area contributed by atoms with Gasteiger partial charge in [-0.3, -0.25) is 4.79 Å². The van der Waals surface area contributed by atoms with Gasteiger partial charge >= 0.3 is 6.09 Å². The molecule has 2 aromatic rings. The zero-order chi connectivity index (χ0) is 21.1. The van der Waals surface area contributed by atoms with Crippen molar-refractivity contribution in [2.45, 2.75) is 52.7 Å². The summed E-state index contributed by atoms with van der Waals surface area (Å²) in [6.07, 6.45) is 3.42. The minimum Gasteiger partial charge on any atom is -0.444 e. The molecule has 1 aliphatic heterocycles. The van der Waals surface area contributed by atoms with Crippen molar-refractivity contribution in [1.82, 2.24) is 19.6 Å². The summed E-state index contributed by atoms with van der Waals surface area (Å²) in [4.78, 5) is 31.4. The van der Waals surface area contributed by atoms with Crippen LogP contribution in [-0.4, -0.2) is 45.0 Å². The Balaban J connectivity index is 1.41. The summed E-state index contributed by atoms with van der Waals surface area (Å²) in [6.45, 7) is 12.8. The van der Waals surface area contributed by atoms with E-state index in [1.54, 1.807) is 11.1 Å². The number of pyridine rings is 1.